The number of hydrogen-bond acceptors (Lipinski definition) is 5. The number of fused-ring (bicyclic) bond motifs is 1. The molecule has 0 spiro atoms. The van der Waals surface area contributed by atoms with Gasteiger partial charge in [0.1, 0.15) is 5.75 Å². The van der Waals surface area contributed by atoms with Crippen LogP contribution in [0.5, 0.6) is 5.75 Å². The third kappa shape index (κ3) is 6.09. The summed E-state index contributed by atoms with van der Waals surface area (Å²) in [4.78, 5) is 15.1. The van der Waals surface area contributed by atoms with Crippen LogP contribution in [0, 0.1) is 5.92 Å². The van der Waals surface area contributed by atoms with Gasteiger partial charge in [-0.15, -0.1) is 13.2 Å². The highest BCUT2D eigenvalue weighted by atomic mass is 19.4. The van der Waals surface area contributed by atoms with Gasteiger partial charge < -0.3 is 19.7 Å². The molecule has 1 aliphatic carbocycles. The summed E-state index contributed by atoms with van der Waals surface area (Å²) in [5.41, 5.74) is 3.55. The number of rotatable bonds is 7. The Bertz CT molecular complexity index is 983. The first-order valence-electron chi connectivity index (χ1n) is 11.7. The average Bonchev–Trinajstić information content (AvgIpc) is 3.14. The monoisotopic (exact) mass is 480 g/mol. The van der Waals surface area contributed by atoms with Crippen molar-refractivity contribution >= 4 is 5.91 Å². The lowest BCUT2D eigenvalue weighted by molar-refractivity contribution is -0.274. The topological polar surface area (TPSA) is 68.6 Å². The lowest BCUT2D eigenvalue weighted by Gasteiger charge is -2.28. The number of hydrogen-bond donors (Lipinski definition) is 1. The van der Waals surface area contributed by atoms with Crippen molar-refractivity contribution in [1.82, 2.24) is 20.0 Å². The van der Waals surface area contributed by atoms with Gasteiger partial charge in [0, 0.05) is 43.5 Å². The van der Waals surface area contributed by atoms with Crippen LogP contribution in [0.4, 0.5) is 13.2 Å². The van der Waals surface area contributed by atoms with Crippen LogP contribution < -0.4 is 10.1 Å². The van der Waals surface area contributed by atoms with Crippen molar-refractivity contribution in [3.05, 3.63) is 46.8 Å². The summed E-state index contributed by atoms with van der Waals surface area (Å²) in [5, 5.41) is 8.25. The fraction of sp³-hybridized carbons (Fsp3) is 0.583. The van der Waals surface area contributed by atoms with Crippen molar-refractivity contribution in [2.24, 2.45) is 5.92 Å². The third-order valence-electron chi connectivity index (χ3n) is 6.14. The predicted octanol–water partition coefficient (Wildman–Crippen LogP) is 3.56. The van der Waals surface area contributed by atoms with Gasteiger partial charge >= 0.3 is 6.36 Å². The van der Waals surface area contributed by atoms with Gasteiger partial charge in [0.25, 0.3) is 5.91 Å². The van der Waals surface area contributed by atoms with E-state index in [1.165, 1.54) is 12.1 Å². The molecule has 2 aromatic rings. The molecule has 0 saturated carbocycles. The number of benzene rings is 1. The van der Waals surface area contributed by atoms with Gasteiger partial charge in [0.15, 0.2) is 5.69 Å². The number of amides is 1. The van der Waals surface area contributed by atoms with E-state index in [4.69, 9.17) is 9.84 Å². The number of carbonyl (C=O) groups excluding carboxylic acids is 1. The maximum Gasteiger partial charge on any atom is 0.573 e. The van der Waals surface area contributed by atoms with E-state index >= 15 is 0 Å². The highest BCUT2D eigenvalue weighted by molar-refractivity contribution is 5.94. The highest BCUT2D eigenvalue weighted by Crippen LogP contribution is 2.28. The average molecular weight is 481 g/mol. The molecule has 1 aromatic heterocycles. The van der Waals surface area contributed by atoms with Crippen LogP contribution in [0.1, 0.15) is 47.6 Å². The minimum atomic E-state index is -4.70. The molecular formula is C24H31F3N4O3. The molecule has 0 bridgehead atoms. The number of ether oxygens (including phenoxy) is 2. The number of morpholine rings is 1. The molecule has 1 atom stereocenters. The Labute approximate surface area is 197 Å². The summed E-state index contributed by atoms with van der Waals surface area (Å²) in [6, 6.07) is 6.02. The van der Waals surface area contributed by atoms with Gasteiger partial charge in [-0.3, -0.25) is 9.48 Å². The second-order valence-corrected chi connectivity index (χ2v) is 9.27. The molecule has 1 fully saturated rings. The Morgan fingerprint density at radius 1 is 1.24 bits per heavy atom. The van der Waals surface area contributed by atoms with Gasteiger partial charge in [-0.25, -0.2) is 0 Å². The molecule has 2 heterocycles. The van der Waals surface area contributed by atoms with Crippen LogP contribution >= 0.6 is 0 Å². The molecule has 4 rings (SSSR count). The van der Waals surface area contributed by atoms with Crippen molar-refractivity contribution in [2.75, 3.05) is 26.3 Å². The van der Waals surface area contributed by atoms with E-state index < -0.39 is 6.36 Å². The Morgan fingerprint density at radius 3 is 2.59 bits per heavy atom. The molecule has 1 saturated heterocycles. The molecule has 1 aromatic carbocycles. The van der Waals surface area contributed by atoms with Gasteiger partial charge in [-0.1, -0.05) is 26.0 Å². The first-order chi connectivity index (χ1) is 16.2. The maximum atomic E-state index is 13.3. The molecule has 1 unspecified atom stereocenters. The summed E-state index contributed by atoms with van der Waals surface area (Å²) in [6.45, 7) is 7.77. The fourth-order valence-corrected chi connectivity index (χ4v) is 4.52. The quantitative estimate of drug-likeness (QED) is 0.657. The maximum absolute atomic E-state index is 13.3. The number of aromatic nitrogens is 2. The van der Waals surface area contributed by atoms with Crippen molar-refractivity contribution in [1.29, 1.82) is 0 Å². The zero-order chi connectivity index (χ0) is 24.3. The number of nitrogens with one attached hydrogen (secondary N) is 1. The second-order valence-electron chi connectivity index (χ2n) is 9.27. The number of halogens is 3. The summed E-state index contributed by atoms with van der Waals surface area (Å²) in [6.07, 6.45) is -2.29. The number of carbonyl (C=O) groups is 1. The first-order valence-corrected chi connectivity index (χ1v) is 11.7. The Kier molecular flexibility index (Phi) is 7.47. The molecule has 2 aliphatic rings. The second kappa shape index (κ2) is 10.4. The summed E-state index contributed by atoms with van der Waals surface area (Å²) >= 11 is 0. The first kappa shape index (κ1) is 24.5. The van der Waals surface area contributed by atoms with Crippen molar-refractivity contribution in [3.63, 3.8) is 0 Å². The van der Waals surface area contributed by atoms with Crippen LogP contribution in [0.2, 0.25) is 0 Å². The molecule has 1 aliphatic heterocycles. The molecular weight excluding hydrogens is 449 g/mol. The standard InChI is InChI=1S/C24H31F3N4O3/c1-16(2)15-31-21-8-5-18(28-14-17-3-6-19(7-4-17)34-24(25,26)27)13-20(21)22(29-31)23(32)30-9-11-33-12-10-30/h3-4,6-7,16,18,28H,5,8-15H2,1-2H3. The van der Waals surface area contributed by atoms with E-state index in [-0.39, 0.29) is 17.7 Å². The van der Waals surface area contributed by atoms with Gasteiger partial charge in [-0.2, -0.15) is 5.10 Å². The van der Waals surface area contributed by atoms with Crippen LogP contribution in [-0.2, 0) is 30.7 Å². The Hall–Kier alpha value is -2.59. The number of alkyl halides is 3. The smallest absolute Gasteiger partial charge is 0.406 e. The molecule has 1 amide bonds. The third-order valence-corrected chi connectivity index (χ3v) is 6.14. The van der Waals surface area contributed by atoms with E-state index in [1.807, 2.05) is 9.58 Å². The minimum absolute atomic E-state index is 0.0389. The van der Waals surface area contributed by atoms with Crippen LogP contribution in [0.15, 0.2) is 24.3 Å². The van der Waals surface area contributed by atoms with E-state index in [0.717, 1.165) is 36.2 Å². The van der Waals surface area contributed by atoms with E-state index in [2.05, 4.69) is 23.9 Å². The van der Waals surface area contributed by atoms with Gasteiger partial charge in [-0.05, 0) is 42.9 Å². The molecule has 10 heteroatoms. The summed E-state index contributed by atoms with van der Waals surface area (Å²) in [7, 11) is 0. The molecule has 34 heavy (non-hydrogen) atoms. The molecule has 186 valence electrons. The van der Waals surface area contributed by atoms with Gasteiger partial charge in [0.05, 0.1) is 13.2 Å². The van der Waals surface area contributed by atoms with Crippen LogP contribution in [0.25, 0.3) is 0 Å². The largest absolute Gasteiger partial charge is 0.573 e. The number of nitrogens with zero attached hydrogens (tertiary/aromatic N) is 3. The zero-order valence-corrected chi connectivity index (χ0v) is 19.5. The lowest BCUT2D eigenvalue weighted by Crippen LogP contribution is -2.41. The van der Waals surface area contributed by atoms with Crippen LogP contribution in [-0.4, -0.2) is 59.3 Å². The summed E-state index contributed by atoms with van der Waals surface area (Å²) in [5.74, 6) is 0.140. The minimum Gasteiger partial charge on any atom is -0.406 e. The molecule has 7 nitrogen and oxygen atoms in total. The molecule has 0 radical (unpaired) electrons. The fourth-order valence-electron chi connectivity index (χ4n) is 4.52. The van der Waals surface area contributed by atoms with Crippen molar-refractivity contribution < 1.29 is 27.4 Å². The zero-order valence-electron chi connectivity index (χ0n) is 19.5. The predicted molar refractivity (Wildman–Crippen MR) is 120 cm³/mol. The van der Waals surface area contributed by atoms with Crippen molar-refractivity contribution in [3.8, 4) is 5.75 Å². The van der Waals surface area contributed by atoms with Crippen molar-refractivity contribution in [2.45, 2.75) is 58.6 Å². The Balaban J connectivity index is 1.45. The van der Waals surface area contributed by atoms with Crippen LogP contribution in [0.3, 0.4) is 0 Å². The van der Waals surface area contributed by atoms with E-state index in [0.29, 0.717) is 50.9 Å². The highest BCUT2D eigenvalue weighted by Gasteiger charge is 2.32. The van der Waals surface area contributed by atoms with E-state index in [9.17, 15) is 18.0 Å². The van der Waals surface area contributed by atoms with E-state index in [1.54, 1.807) is 12.1 Å². The SMILES string of the molecule is CC(C)Cn1nc(C(=O)N2CCOCC2)c2c1CCC(NCc1ccc(OC(F)(F)F)cc1)C2. The molecule has 1 N–H and O–H groups in total. The Morgan fingerprint density at radius 2 is 1.94 bits per heavy atom. The normalized spacial score (nSPS) is 18.8. The lowest BCUT2D eigenvalue weighted by atomic mass is 9.90. The van der Waals surface area contributed by atoms with Gasteiger partial charge in [0.2, 0.25) is 0 Å². The summed E-state index contributed by atoms with van der Waals surface area (Å²) < 4.78 is 48.4.